The maximum atomic E-state index is 11.2. The van der Waals surface area contributed by atoms with Crippen molar-refractivity contribution in [2.75, 3.05) is 13.2 Å². The van der Waals surface area contributed by atoms with Gasteiger partial charge in [0, 0.05) is 18.7 Å². The second kappa shape index (κ2) is 5.98. The second-order valence-corrected chi connectivity index (χ2v) is 4.71. The number of carbonyl (C=O) groups is 1. The Bertz CT molecular complexity index is 393. The number of hydrogen-bond acceptors (Lipinski definition) is 3. The van der Waals surface area contributed by atoms with Crippen molar-refractivity contribution in [2.45, 2.75) is 25.4 Å². The van der Waals surface area contributed by atoms with E-state index >= 15 is 0 Å². The zero-order valence-electron chi connectivity index (χ0n) is 10.5. The first-order valence-electron chi connectivity index (χ1n) is 6.30. The number of ether oxygens (including phenoxy) is 1. The fraction of sp³-hybridized carbons (Fsp3) is 0.500. The van der Waals surface area contributed by atoms with Gasteiger partial charge in [-0.25, -0.2) is 0 Å². The molecule has 0 amide bonds. The molecule has 0 bridgehead atoms. The van der Waals surface area contributed by atoms with E-state index in [9.17, 15) is 9.90 Å². The van der Waals surface area contributed by atoms with Gasteiger partial charge in [-0.05, 0) is 18.9 Å². The normalized spacial score (nSPS) is 25.6. The third-order valence-corrected chi connectivity index (χ3v) is 3.44. The van der Waals surface area contributed by atoms with Crippen molar-refractivity contribution in [1.29, 1.82) is 0 Å². The third-order valence-electron chi connectivity index (χ3n) is 3.44. The largest absolute Gasteiger partial charge is 0.481 e. The minimum absolute atomic E-state index is 0.0218. The lowest BCUT2D eigenvalue weighted by Crippen LogP contribution is -2.47. The molecule has 0 saturated carbocycles. The lowest BCUT2D eigenvalue weighted by atomic mass is 9.94. The summed E-state index contributed by atoms with van der Waals surface area (Å²) >= 11 is 0. The van der Waals surface area contributed by atoms with Gasteiger partial charge >= 0.3 is 5.97 Å². The Hall–Kier alpha value is -1.39. The van der Waals surface area contributed by atoms with Crippen molar-refractivity contribution in [3.8, 4) is 0 Å². The molecule has 1 aromatic carbocycles. The molecule has 98 valence electrons. The highest BCUT2D eigenvalue weighted by Gasteiger charge is 2.32. The lowest BCUT2D eigenvalue weighted by molar-refractivity contribution is -0.147. The fourth-order valence-corrected chi connectivity index (χ4v) is 2.34. The standard InChI is InChI=1S/C14H19NO3/c1-10(11-5-3-2-4-6-11)15-13-7-8-18-9-12(13)14(16)17/h2-6,10,12-13,15H,7-9H2,1H3,(H,16,17). The van der Waals surface area contributed by atoms with Crippen molar-refractivity contribution in [1.82, 2.24) is 5.32 Å². The van der Waals surface area contributed by atoms with Crippen molar-refractivity contribution >= 4 is 5.97 Å². The average molecular weight is 249 g/mol. The van der Waals surface area contributed by atoms with Gasteiger partial charge < -0.3 is 15.2 Å². The predicted octanol–water partition coefficient (Wildman–Crippen LogP) is 1.83. The van der Waals surface area contributed by atoms with Gasteiger partial charge in [-0.2, -0.15) is 0 Å². The van der Waals surface area contributed by atoms with Crippen LogP contribution in [0.1, 0.15) is 24.9 Å². The maximum Gasteiger partial charge on any atom is 0.310 e. The lowest BCUT2D eigenvalue weighted by Gasteiger charge is -2.32. The van der Waals surface area contributed by atoms with E-state index in [0.29, 0.717) is 13.2 Å². The van der Waals surface area contributed by atoms with Gasteiger partial charge in [0.25, 0.3) is 0 Å². The highest BCUT2D eigenvalue weighted by Crippen LogP contribution is 2.20. The van der Waals surface area contributed by atoms with E-state index in [0.717, 1.165) is 6.42 Å². The summed E-state index contributed by atoms with van der Waals surface area (Å²) in [6, 6.07) is 10.2. The van der Waals surface area contributed by atoms with Crippen LogP contribution < -0.4 is 5.32 Å². The molecular formula is C14H19NO3. The molecule has 1 heterocycles. The van der Waals surface area contributed by atoms with Gasteiger partial charge in [0.2, 0.25) is 0 Å². The Morgan fingerprint density at radius 1 is 1.44 bits per heavy atom. The molecule has 1 fully saturated rings. The Kier molecular flexibility index (Phi) is 4.33. The quantitative estimate of drug-likeness (QED) is 0.854. The molecule has 18 heavy (non-hydrogen) atoms. The summed E-state index contributed by atoms with van der Waals surface area (Å²) in [7, 11) is 0. The summed E-state index contributed by atoms with van der Waals surface area (Å²) in [5, 5.41) is 12.6. The van der Waals surface area contributed by atoms with Gasteiger partial charge in [-0.15, -0.1) is 0 Å². The van der Waals surface area contributed by atoms with Crippen LogP contribution in [0.15, 0.2) is 30.3 Å². The van der Waals surface area contributed by atoms with E-state index in [-0.39, 0.29) is 12.1 Å². The molecule has 1 aliphatic heterocycles. The molecule has 3 unspecified atom stereocenters. The van der Waals surface area contributed by atoms with Crippen molar-refractivity contribution in [2.24, 2.45) is 5.92 Å². The highest BCUT2D eigenvalue weighted by molar-refractivity contribution is 5.71. The Balaban J connectivity index is 2.01. The van der Waals surface area contributed by atoms with E-state index in [4.69, 9.17) is 4.74 Å². The number of rotatable bonds is 4. The van der Waals surface area contributed by atoms with Crippen LogP contribution in [0.3, 0.4) is 0 Å². The molecule has 1 aliphatic rings. The van der Waals surface area contributed by atoms with Gasteiger partial charge in [0.1, 0.15) is 0 Å². The third kappa shape index (κ3) is 3.09. The molecule has 1 aromatic rings. The Labute approximate surface area is 107 Å². The van der Waals surface area contributed by atoms with Gasteiger partial charge in [0.15, 0.2) is 0 Å². The zero-order valence-corrected chi connectivity index (χ0v) is 10.5. The van der Waals surface area contributed by atoms with Crippen molar-refractivity contribution in [3.05, 3.63) is 35.9 Å². The number of nitrogens with one attached hydrogen (secondary N) is 1. The van der Waals surface area contributed by atoms with Crippen LogP contribution in [0.25, 0.3) is 0 Å². The van der Waals surface area contributed by atoms with E-state index in [2.05, 4.69) is 12.2 Å². The van der Waals surface area contributed by atoms with E-state index < -0.39 is 11.9 Å². The number of carboxylic acids is 1. The van der Waals surface area contributed by atoms with Crippen LogP contribution in [-0.4, -0.2) is 30.3 Å². The van der Waals surface area contributed by atoms with Crippen molar-refractivity contribution in [3.63, 3.8) is 0 Å². The van der Waals surface area contributed by atoms with Gasteiger partial charge in [0.05, 0.1) is 12.5 Å². The molecule has 4 nitrogen and oxygen atoms in total. The Morgan fingerprint density at radius 3 is 2.83 bits per heavy atom. The maximum absolute atomic E-state index is 11.2. The minimum Gasteiger partial charge on any atom is -0.481 e. The molecule has 0 aliphatic carbocycles. The summed E-state index contributed by atoms with van der Waals surface area (Å²) in [6.45, 7) is 2.99. The molecule has 4 heteroatoms. The van der Waals surface area contributed by atoms with Crippen LogP contribution in [0.2, 0.25) is 0 Å². The van der Waals surface area contributed by atoms with Crippen LogP contribution in [0.5, 0.6) is 0 Å². The van der Waals surface area contributed by atoms with Crippen LogP contribution in [-0.2, 0) is 9.53 Å². The first-order chi connectivity index (χ1) is 8.68. The first kappa shape index (κ1) is 13.1. The monoisotopic (exact) mass is 249 g/mol. The smallest absolute Gasteiger partial charge is 0.310 e. The van der Waals surface area contributed by atoms with E-state index in [1.165, 1.54) is 5.56 Å². The molecule has 2 N–H and O–H groups in total. The Morgan fingerprint density at radius 2 is 2.17 bits per heavy atom. The number of aliphatic carboxylic acids is 1. The minimum atomic E-state index is -0.785. The topological polar surface area (TPSA) is 58.6 Å². The first-order valence-corrected chi connectivity index (χ1v) is 6.30. The van der Waals surface area contributed by atoms with Gasteiger partial charge in [-0.1, -0.05) is 30.3 Å². The molecule has 2 rings (SSSR count). The fourth-order valence-electron chi connectivity index (χ4n) is 2.34. The molecular weight excluding hydrogens is 230 g/mol. The molecule has 0 aromatic heterocycles. The molecule has 0 spiro atoms. The second-order valence-electron chi connectivity index (χ2n) is 4.71. The zero-order chi connectivity index (χ0) is 13.0. The molecule has 1 saturated heterocycles. The number of hydrogen-bond donors (Lipinski definition) is 2. The summed E-state index contributed by atoms with van der Waals surface area (Å²) in [5.74, 6) is -1.24. The van der Waals surface area contributed by atoms with E-state index in [1.54, 1.807) is 0 Å². The highest BCUT2D eigenvalue weighted by atomic mass is 16.5. The van der Waals surface area contributed by atoms with Gasteiger partial charge in [-0.3, -0.25) is 4.79 Å². The summed E-state index contributed by atoms with van der Waals surface area (Å²) in [4.78, 5) is 11.2. The van der Waals surface area contributed by atoms with Crippen LogP contribution >= 0.6 is 0 Å². The predicted molar refractivity (Wildman–Crippen MR) is 68.3 cm³/mol. The summed E-state index contributed by atoms with van der Waals surface area (Å²) in [5.41, 5.74) is 1.17. The molecule has 3 atom stereocenters. The number of benzene rings is 1. The average Bonchev–Trinajstić information content (AvgIpc) is 2.40. The van der Waals surface area contributed by atoms with Crippen LogP contribution in [0, 0.1) is 5.92 Å². The SMILES string of the molecule is CC(NC1CCOCC1C(=O)O)c1ccccc1. The summed E-state index contributed by atoms with van der Waals surface area (Å²) in [6.07, 6.45) is 0.744. The summed E-state index contributed by atoms with van der Waals surface area (Å²) < 4.78 is 5.24. The van der Waals surface area contributed by atoms with E-state index in [1.807, 2.05) is 30.3 Å². The van der Waals surface area contributed by atoms with Crippen LogP contribution in [0.4, 0.5) is 0 Å². The van der Waals surface area contributed by atoms with Crippen molar-refractivity contribution < 1.29 is 14.6 Å². The molecule has 0 radical (unpaired) electrons. The number of carboxylic acid groups (broad SMARTS) is 1.